The van der Waals surface area contributed by atoms with Crippen LogP contribution in [0.2, 0.25) is 5.02 Å². The molecule has 0 aromatic carbocycles. The molecule has 0 saturated carbocycles. The van der Waals surface area contributed by atoms with Crippen molar-refractivity contribution in [1.29, 1.82) is 0 Å². The Labute approximate surface area is 106 Å². The quantitative estimate of drug-likeness (QED) is 0.664. The Hall–Kier alpha value is -1.65. The summed E-state index contributed by atoms with van der Waals surface area (Å²) in [5.41, 5.74) is 1.37. The van der Waals surface area contributed by atoms with E-state index in [1.807, 2.05) is 24.4 Å². The molecule has 5 heteroatoms. The maximum Gasteiger partial charge on any atom is 0.208 e. The Bertz CT molecular complexity index is 701. The average molecular weight is 263 g/mol. The van der Waals surface area contributed by atoms with Crippen LogP contribution in [0.25, 0.3) is 5.52 Å². The standard InChI is InChI=1S/C12H7ClN2OS/c13-9-4-6-17-12(9)11(16)8-7-14-15-5-2-1-3-10(8)15/h1-7H. The van der Waals surface area contributed by atoms with Gasteiger partial charge in [0.2, 0.25) is 5.78 Å². The maximum absolute atomic E-state index is 12.3. The number of aromatic nitrogens is 2. The van der Waals surface area contributed by atoms with E-state index in [0.717, 1.165) is 5.52 Å². The van der Waals surface area contributed by atoms with Crippen LogP contribution in [0, 0.1) is 0 Å². The number of carbonyl (C=O) groups excluding carboxylic acids is 1. The van der Waals surface area contributed by atoms with E-state index in [2.05, 4.69) is 5.10 Å². The van der Waals surface area contributed by atoms with Gasteiger partial charge in [-0.15, -0.1) is 11.3 Å². The Morgan fingerprint density at radius 1 is 1.35 bits per heavy atom. The van der Waals surface area contributed by atoms with Crippen molar-refractivity contribution >= 4 is 34.2 Å². The summed E-state index contributed by atoms with van der Waals surface area (Å²) in [5, 5.41) is 6.44. The molecule has 0 atom stereocenters. The van der Waals surface area contributed by atoms with E-state index in [4.69, 9.17) is 11.6 Å². The third kappa shape index (κ3) is 1.66. The zero-order chi connectivity index (χ0) is 11.8. The summed E-state index contributed by atoms with van der Waals surface area (Å²) < 4.78 is 1.68. The van der Waals surface area contributed by atoms with E-state index < -0.39 is 0 Å². The van der Waals surface area contributed by atoms with Crippen LogP contribution in [0.1, 0.15) is 15.2 Å². The molecule has 0 unspecified atom stereocenters. The Morgan fingerprint density at radius 3 is 3.00 bits per heavy atom. The van der Waals surface area contributed by atoms with Crippen LogP contribution >= 0.6 is 22.9 Å². The van der Waals surface area contributed by atoms with Gasteiger partial charge >= 0.3 is 0 Å². The van der Waals surface area contributed by atoms with Gasteiger partial charge in [0, 0.05) is 6.20 Å². The topological polar surface area (TPSA) is 34.4 Å². The molecule has 0 aliphatic carbocycles. The van der Waals surface area contributed by atoms with Crippen LogP contribution in [0.5, 0.6) is 0 Å². The van der Waals surface area contributed by atoms with Gasteiger partial charge in [0.15, 0.2) is 0 Å². The van der Waals surface area contributed by atoms with E-state index in [1.54, 1.807) is 22.2 Å². The molecule has 0 aliphatic heterocycles. The molecule has 0 bridgehead atoms. The van der Waals surface area contributed by atoms with Crippen molar-refractivity contribution in [2.45, 2.75) is 0 Å². The molecular weight excluding hydrogens is 256 g/mol. The number of rotatable bonds is 2. The summed E-state index contributed by atoms with van der Waals surface area (Å²) >= 11 is 7.31. The summed E-state index contributed by atoms with van der Waals surface area (Å²) in [6.07, 6.45) is 3.38. The van der Waals surface area contributed by atoms with Crippen LogP contribution in [0.4, 0.5) is 0 Å². The predicted octanol–water partition coefficient (Wildman–Crippen LogP) is 3.28. The lowest BCUT2D eigenvalue weighted by Gasteiger charge is -1.97. The number of pyridine rings is 1. The van der Waals surface area contributed by atoms with Gasteiger partial charge in [-0.3, -0.25) is 4.79 Å². The highest BCUT2D eigenvalue weighted by molar-refractivity contribution is 7.13. The second kappa shape index (κ2) is 3.98. The Morgan fingerprint density at radius 2 is 2.24 bits per heavy atom. The van der Waals surface area contributed by atoms with Crippen molar-refractivity contribution in [3.8, 4) is 0 Å². The van der Waals surface area contributed by atoms with Crippen molar-refractivity contribution < 1.29 is 4.79 Å². The predicted molar refractivity (Wildman–Crippen MR) is 68.0 cm³/mol. The lowest BCUT2D eigenvalue weighted by molar-refractivity contribution is 0.104. The largest absolute Gasteiger partial charge is 0.287 e. The Balaban J connectivity index is 2.17. The minimum atomic E-state index is -0.0776. The van der Waals surface area contributed by atoms with Crippen molar-refractivity contribution in [3.05, 3.63) is 57.5 Å². The Kier molecular flexibility index (Phi) is 2.46. The molecular formula is C12H7ClN2OS. The molecule has 0 saturated heterocycles. The molecule has 3 rings (SSSR count). The van der Waals surface area contributed by atoms with Crippen LogP contribution in [0.3, 0.4) is 0 Å². The lowest BCUT2D eigenvalue weighted by atomic mass is 10.1. The van der Waals surface area contributed by atoms with E-state index in [0.29, 0.717) is 15.5 Å². The van der Waals surface area contributed by atoms with Crippen LogP contribution in [0.15, 0.2) is 42.0 Å². The zero-order valence-electron chi connectivity index (χ0n) is 8.63. The monoisotopic (exact) mass is 262 g/mol. The molecule has 0 N–H and O–H groups in total. The zero-order valence-corrected chi connectivity index (χ0v) is 10.2. The third-order valence-electron chi connectivity index (χ3n) is 2.49. The average Bonchev–Trinajstić information content (AvgIpc) is 2.94. The number of thiophene rings is 1. The number of hydrogen-bond donors (Lipinski definition) is 0. The van der Waals surface area contributed by atoms with E-state index in [1.165, 1.54) is 11.3 Å². The van der Waals surface area contributed by atoms with Crippen LogP contribution < -0.4 is 0 Å². The number of halogens is 1. The minimum Gasteiger partial charge on any atom is -0.287 e. The second-order valence-corrected chi connectivity index (χ2v) is 4.84. The molecule has 3 nitrogen and oxygen atoms in total. The molecule has 84 valence electrons. The van der Waals surface area contributed by atoms with Gasteiger partial charge in [0.25, 0.3) is 0 Å². The highest BCUT2D eigenvalue weighted by Crippen LogP contribution is 2.26. The van der Waals surface area contributed by atoms with E-state index in [9.17, 15) is 4.79 Å². The first-order valence-electron chi connectivity index (χ1n) is 4.97. The summed E-state index contributed by atoms with van der Waals surface area (Å²) in [6.45, 7) is 0. The summed E-state index contributed by atoms with van der Waals surface area (Å²) in [5.74, 6) is -0.0776. The van der Waals surface area contributed by atoms with Crippen molar-refractivity contribution in [2.75, 3.05) is 0 Å². The fraction of sp³-hybridized carbons (Fsp3) is 0. The minimum absolute atomic E-state index is 0.0776. The molecule has 0 aliphatic rings. The van der Waals surface area contributed by atoms with Crippen LogP contribution in [-0.4, -0.2) is 15.4 Å². The fourth-order valence-electron chi connectivity index (χ4n) is 1.69. The normalized spacial score (nSPS) is 10.9. The fourth-order valence-corrected chi connectivity index (χ4v) is 2.78. The third-order valence-corrected chi connectivity index (χ3v) is 3.83. The van der Waals surface area contributed by atoms with Gasteiger partial charge in [0.1, 0.15) is 0 Å². The van der Waals surface area contributed by atoms with Gasteiger partial charge < -0.3 is 0 Å². The van der Waals surface area contributed by atoms with Gasteiger partial charge in [0.05, 0.1) is 27.2 Å². The number of carbonyl (C=O) groups is 1. The van der Waals surface area contributed by atoms with Gasteiger partial charge in [-0.25, -0.2) is 4.52 Å². The molecule has 3 heterocycles. The molecule has 17 heavy (non-hydrogen) atoms. The first-order chi connectivity index (χ1) is 8.27. The molecule has 0 radical (unpaired) electrons. The molecule has 3 aromatic rings. The summed E-state index contributed by atoms with van der Waals surface area (Å²) in [6, 6.07) is 7.34. The van der Waals surface area contributed by atoms with E-state index in [-0.39, 0.29) is 5.78 Å². The highest BCUT2D eigenvalue weighted by atomic mass is 35.5. The molecule has 0 spiro atoms. The summed E-state index contributed by atoms with van der Waals surface area (Å²) in [4.78, 5) is 12.8. The second-order valence-electron chi connectivity index (χ2n) is 3.52. The van der Waals surface area contributed by atoms with Crippen LogP contribution in [-0.2, 0) is 0 Å². The number of ketones is 1. The van der Waals surface area contributed by atoms with E-state index >= 15 is 0 Å². The SMILES string of the molecule is O=C(c1sccc1Cl)c1cnn2ccccc12. The first kappa shape index (κ1) is 10.5. The van der Waals surface area contributed by atoms with Gasteiger partial charge in [-0.05, 0) is 23.6 Å². The first-order valence-corrected chi connectivity index (χ1v) is 6.23. The van der Waals surface area contributed by atoms with Gasteiger partial charge in [-0.2, -0.15) is 5.10 Å². The van der Waals surface area contributed by atoms with Gasteiger partial charge in [-0.1, -0.05) is 17.7 Å². The smallest absolute Gasteiger partial charge is 0.208 e. The molecule has 3 aromatic heterocycles. The van der Waals surface area contributed by atoms with Crippen molar-refractivity contribution in [1.82, 2.24) is 9.61 Å². The number of fused-ring (bicyclic) bond motifs is 1. The number of nitrogens with zero attached hydrogens (tertiary/aromatic N) is 2. The number of hydrogen-bond acceptors (Lipinski definition) is 3. The molecule has 0 fully saturated rings. The lowest BCUT2D eigenvalue weighted by Crippen LogP contribution is -1.98. The summed E-state index contributed by atoms with van der Waals surface area (Å²) in [7, 11) is 0. The maximum atomic E-state index is 12.3. The molecule has 0 amide bonds. The van der Waals surface area contributed by atoms with Crippen molar-refractivity contribution in [3.63, 3.8) is 0 Å². The van der Waals surface area contributed by atoms with Crippen molar-refractivity contribution in [2.24, 2.45) is 0 Å². The highest BCUT2D eigenvalue weighted by Gasteiger charge is 2.18.